The summed E-state index contributed by atoms with van der Waals surface area (Å²) in [5.74, 6) is -0.244. The lowest BCUT2D eigenvalue weighted by atomic mass is 10.1. The molecule has 0 atom stereocenters. The Hall–Kier alpha value is -3.48. The van der Waals surface area contributed by atoms with Gasteiger partial charge in [0.15, 0.2) is 0 Å². The molecule has 7 heteroatoms. The highest BCUT2D eigenvalue weighted by Gasteiger charge is 2.17. The highest BCUT2D eigenvalue weighted by molar-refractivity contribution is 5.93. The van der Waals surface area contributed by atoms with E-state index >= 15 is 0 Å². The molecule has 0 aliphatic carbocycles. The number of fused-ring (bicyclic) bond motifs is 1. The molecule has 0 unspecified atom stereocenters. The zero-order chi connectivity index (χ0) is 20.3. The van der Waals surface area contributed by atoms with Crippen molar-refractivity contribution in [3.05, 3.63) is 58.4 Å². The van der Waals surface area contributed by atoms with Crippen molar-refractivity contribution in [3.8, 4) is 22.9 Å². The summed E-state index contributed by atoms with van der Waals surface area (Å²) in [6, 6.07) is 9.40. The van der Waals surface area contributed by atoms with Gasteiger partial charge < -0.3 is 24.3 Å². The number of pyridine rings is 1. The lowest BCUT2D eigenvalue weighted by molar-refractivity contribution is 0.0695. The van der Waals surface area contributed by atoms with E-state index in [1.807, 2.05) is 13.8 Å². The first-order valence-electron chi connectivity index (χ1n) is 8.97. The van der Waals surface area contributed by atoms with Gasteiger partial charge in [-0.25, -0.2) is 4.79 Å². The standard InChI is InChI=1S/C21H21NO6/c1-3-7-28-16-9-13(8-15(11-16)27-4-2)22-12-18(21(25)26)20(24)17-6-5-14(23)10-19(17)22/h5-6,8-12,23H,3-4,7H2,1-2H3,(H,25,26). The van der Waals surface area contributed by atoms with E-state index in [9.17, 15) is 19.8 Å². The summed E-state index contributed by atoms with van der Waals surface area (Å²) in [4.78, 5) is 24.1. The quantitative estimate of drug-likeness (QED) is 0.647. The molecule has 0 saturated heterocycles. The van der Waals surface area contributed by atoms with Crippen LogP contribution in [0.15, 0.2) is 47.4 Å². The molecule has 0 spiro atoms. The van der Waals surface area contributed by atoms with Gasteiger partial charge in [-0.15, -0.1) is 0 Å². The molecule has 1 aromatic heterocycles. The predicted molar refractivity (Wildman–Crippen MR) is 105 cm³/mol. The summed E-state index contributed by atoms with van der Waals surface area (Å²) in [5.41, 5.74) is -0.0431. The van der Waals surface area contributed by atoms with E-state index < -0.39 is 11.4 Å². The first kappa shape index (κ1) is 19.3. The molecule has 2 aromatic carbocycles. The first-order chi connectivity index (χ1) is 13.4. The maximum Gasteiger partial charge on any atom is 0.341 e. The molecule has 0 saturated carbocycles. The van der Waals surface area contributed by atoms with Crippen LogP contribution in [-0.4, -0.2) is 34.0 Å². The summed E-state index contributed by atoms with van der Waals surface area (Å²) in [6.45, 7) is 4.81. The normalized spacial score (nSPS) is 10.8. The molecule has 0 bridgehead atoms. The Kier molecular flexibility index (Phi) is 5.54. The first-order valence-corrected chi connectivity index (χ1v) is 8.97. The summed E-state index contributed by atoms with van der Waals surface area (Å²) in [5, 5.41) is 19.5. The molecule has 0 aliphatic heterocycles. The average Bonchev–Trinajstić information content (AvgIpc) is 2.66. The fourth-order valence-electron chi connectivity index (χ4n) is 2.93. The fraction of sp³-hybridized carbons (Fsp3) is 0.238. The van der Waals surface area contributed by atoms with Gasteiger partial charge in [0.25, 0.3) is 0 Å². The molecule has 0 amide bonds. The number of phenols is 1. The van der Waals surface area contributed by atoms with E-state index in [0.29, 0.717) is 35.9 Å². The minimum Gasteiger partial charge on any atom is -0.508 e. The van der Waals surface area contributed by atoms with E-state index in [4.69, 9.17) is 9.47 Å². The van der Waals surface area contributed by atoms with Crippen LogP contribution in [0.25, 0.3) is 16.6 Å². The molecule has 1 heterocycles. The Morgan fingerprint density at radius 2 is 1.79 bits per heavy atom. The average molecular weight is 383 g/mol. The van der Waals surface area contributed by atoms with Gasteiger partial charge in [-0.1, -0.05) is 6.92 Å². The number of rotatable bonds is 7. The number of hydrogen-bond donors (Lipinski definition) is 2. The number of nitrogens with zero attached hydrogens (tertiary/aromatic N) is 1. The number of aromatic hydroxyl groups is 1. The molecular weight excluding hydrogens is 362 g/mol. The molecule has 146 valence electrons. The highest BCUT2D eigenvalue weighted by atomic mass is 16.5. The van der Waals surface area contributed by atoms with E-state index in [-0.39, 0.29) is 16.7 Å². The number of phenolic OH excluding ortho intramolecular Hbond substituents is 1. The summed E-state index contributed by atoms with van der Waals surface area (Å²) in [6.07, 6.45) is 2.08. The van der Waals surface area contributed by atoms with Gasteiger partial charge >= 0.3 is 5.97 Å². The van der Waals surface area contributed by atoms with E-state index in [0.717, 1.165) is 6.42 Å². The number of carboxylic acids is 1. The lowest BCUT2D eigenvalue weighted by Gasteiger charge is -2.16. The summed E-state index contributed by atoms with van der Waals surface area (Å²) in [7, 11) is 0. The van der Waals surface area contributed by atoms with Gasteiger partial charge in [0.2, 0.25) is 5.43 Å². The van der Waals surface area contributed by atoms with Crippen molar-refractivity contribution in [2.75, 3.05) is 13.2 Å². The molecule has 3 rings (SSSR count). The number of hydrogen-bond acceptors (Lipinski definition) is 5. The molecule has 0 fully saturated rings. The summed E-state index contributed by atoms with van der Waals surface area (Å²) >= 11 is 0. The molecule has 0 aliphatic rings. The second kappa shape index (κ2) is 8.04. The zero-order valence-corrected chi connectivity index (χ0v) is 15.6. The number of ether oxygens (including phenoxy) is 2. The van der Waals surface area contributed by atoms with Crippen molar-refractivity contribution in [1.82, 2.24) is 4.57 Å². The van der Waals surface area contributed by atoms with E-state index in [1.165, 1.54) is 24.4 Å². The monoisotopic (exact) mass is 383 g/mol. The molecule has 7 nitrogen and oxygen atoms in total. The zero-order valence-electron chi connectivity index (χ0n) is 15.6. The number of benzene rings is 2. The van der Waals surface area contributed by atoms with Gasteiger partial charge in [-0.05, 0) is 25.5 Å². The van der Waals surface area contributed by atoms with Crippen LogP contribution in [0, 0.1) is 0 Å². The van der Waals surface area contributed by atoms with Crippen molar-refractivity contribution < 1.29 is 24.5 Å². The maximum absolute atomic E-state index is 12.5. The van der Waals surface area contributed by atoms with Crippen molar-refractivity contribution in [2.45, 2.75) is 20.3 Å². The van der Waals surface area contributed by atoms with Gasteiger partial charge in [-0.2, -0.15) is 0 Å². The fourth-order valence-corrected chi connectivity index (χ4v) is 2.93. The minimum absolute atomic E-state index is 0.0351. The second-order valence-corrected chi connectivity index (χ2v) is 6.19. The van der Waals surface area contributed by atoms with Crippen molar-refractivity contribution in [3.63, 3.8) is 0 Å². The Bertz CT molecular complexity index is 1090. The molecule has 28 heavy (non-hydrogen) atoms. The van der Waals surface area contributed by atoms with Gasteiger partial charge in [-0.3, -0.25) is 4.79 Å². The van der Waals surface area contributed by atoms with E-state index in [1.54, 1.807) is 22.8 Å². The maximum atomic E-state index is 12.5. The Morgan fingerprint density at radius 3 is 2.43 bits per heavy atom. The van der Waals surface area contributed by atoms with Crippen molar-refractivity contribution in [2.24, 2.45) is 0 Å². The predicted octanol–water partition coefficient (Wildman–Crippen LogP) is 3.58. The minimum atomic E-state index is -1.32. The van der Waals surface area contributed by atoms with Crippen LogP contribution < -0.4 is 14.9 Å². The molecule has 0 radical (unpaired) electrons. The largest absolute Gasteiger partial charge is 0.508 e. The highest BCUT2D eigenvalue weighted by Crippen LogP contribution is 2.29. The van der Waals surface area contributed by atoms with Crippen LogP contribution >= 0.6 is 0 Å². The molecule has 2 N–H and O–H groups in total. The van der Waals surface area contributed by atoms with Crippen molar-refractivity contribution >= 4 is 16.9 Å². The van der Waals surface area contributed by atoms with E-state index in [2.05, 4.69) is 0 Å². The van der Waals surface area contributed by atoms with Crippen LogP contribution in [-0.2, 0) is 0 Å². The summed E-state index contributed by atoms with van der Waals surface area (Å²) < 4.78 is 12.9. The van der Waals surface area contributed by atoms with Gasteiger partial charge in [0.05, 0.1) is 24.4 Å². The third-order valence-electron chi connectivity index (χ3n) is 4.15. The molecular formula is C21H21NO6. The number of carbonyl (C=O) groups is 1. The second-order valence-electron chi connectivity index (χ2n) is 6.19. The molecule has 3 aromatic rings. The van der Waals surface area contributed by atoms with Crippen LogP contribution in [0.4, 0.5) is 0 Å². The third kappa shape index (κ3) is 3.78. The lowest BCUT2D eigenvalue weighted by Crippen LogP contribution is -2.18. The van der Waals surface area contributed by atoms with Crippen LogP contribution in [0.3, 0.4) is 0 Å². The van der Waals surface area contributed by atoms with Gasteiger partial charge in [0, 0.05) is 35.8 Å². The number of aromatic nitrogens is 1. The number of aromatic carboxylic acids is 1. The Balaban J connectivity index is 2.31. The smallest absolute Gasteiger partial charge is 0.341 e. The topological polar surface area (TPSA) is 98.0 Å². The van der Waals surface area contributed by atoms with Crippen LogP contribution in [0.2, 0.25) is 0 Å². The van der Waals surface area contributed by atoms with Gasteiger partial charge in [0.1, 0.15) is 22.8 Å². The Morgan fingerprint density at radius 1 is 1.07 bits per heavy atom. The van der Waals surface area contributed by atoms with Crippen LogP contribution in [0.5, 0.6) is 17.2 Å². The Labute approximate surface area is 161 Å². The SMILES string of the molecule is CCCOc1cc(OCC)cc(-n2cc(C(=O)O)c(=O)c3ccc(O)cc32)c1. The van der Waals surface area contributed by atoms with Crippen molar-refractivity contribution in [1.29, 1.82) is 0 Å². The van der Waals surface area contributed by atoms with Crippen LogP contribution in [0.1, 0.15) is 30.6 Å². The third-order valence-corrected chi connectivity index (χ3v) is 4.15. The number of carboxylic acid groups (broad SMARTS) is 1.